The summed E-state index contributed by atoms with van der Waals surface area (Å²) in [5.74, 6) is -1.57. The number of aromatic nitrogens is 3. The molecule has 0 radical (unpaired) electrons. The molecule has 1 saturated carbocycles. The van der Waals surface area contributed by atoms with E-state index in [0.717, 1.165) is 23.6 Å². The molecule has 0 atom stereocenters. The van der Waals surface area contributed by atoms with Crippen LogP contribution in [0.25, 0.3) is 5.69 Å². The number of hydrogen-bond acceptors (Lipinski definition) is 5. The fraction of sp³-hybridized carbons (Fsp3) is 0.467. The van der Waals surface area contributed by atoms with Crippen molar-refractivity contribution < 1.29 is 25.5 Å². The van der Waals surface area contributed by atoms with E-state index in [2.05, 4.69) is 10.1 Å². The van der Waals surface area contributed by atoms with Crippen LogP contribution in [0.3, 0.4) is 0 Å². The number of halogens is 4. The van der Waals surface area contributed by atoms with Crippen LogP contribution in [0.5, 0.6) is 0 Å². The van der Waals surface area contributed by atoms with E-state index in [0.29, 0.717) is 11.1 Å². The van der Waals surface area contributed by atoms with Gasteiger partial charge < -0.3 is 4.90 Å². The minimum atomic E-state index is -5.04. The van der Waals surface area contributed by atoms with E-state index < -0.39 is 27.1 Å². The van der Waals surface area contributed by atoms with E-state index in [-0.39, 0.29) is 17.6 Å². The van der Waals surface area contributed by atoms with Crippen LogP contribution < -0.4 is 4.90 Å². The summed E-state index contributed by atoms with van der Waals surface area (Å²) in [7, 11) is -2.09. The van der Waals surface area contributed by atoms with Crippen molar-refractivity contribution in [3.05, 3.63) is 29.1 Å². The smallest absolute Gasteiger partial charge is 0.347 e. The van der Waals surface area contributed by atoms with Gasteiger partial charge in [0.1, 0.15) is 4.90 Å². The molecule has 0 N–H and O–H groups in total. The Hall–Kier alpha value is -2.17. The topological polar surface area (TPSA) is 68.1 Å². The molecular formula is C15H16F4N4O2S. The summed E-state index contributed by atoms with van der Waals surface area (Å²) in [6.45, 7) is 1.60. The maximum atomic E-state index is 13.8. The molecule has 1 fully saturated rings. The third kappa shape index (κ3) is 3.39. The number of rotatable bonds is 4. The van der Waals surface area contributed by atoms with Crippen LogP contribution in [0.2, 0.25) is 0 Å². The highest BCUT2D eigenvalue weighted by Gasteiger charge is 2.38. The maximum absolute atomic E-state index is 13.8. The first-order valence-corrected chi connectivity index (χ1v) is 9.09. The van der Waals surface area contributed by atoms with Crippen LogP contribution in [0.4, 0.5) is 23.0 Å². The van der Waals surface area contributed by atoms with Crippen LogP contribution in [0.1, 0.15) is 35.7 Å². The molecule has 11 heteroatoms. The van der Waals surface area contributed by atoms with E-state index >= 15 is 0 Å². The van der Waals surface area contributed by atoms with Crippen molar-refractivity contribution in [2.75, 3.05) is 19.0 Å². The molecular weight excluding hydrogens is 376 g/mol. The van der Waals surface area contributed by atoms with Crippen molar-refractivity contribution in [2.45, 2.75) is 36.8 Å². The fourth-order valence-corrected chi connectivity index (χ4v) is 3.49. The molecule has 0 unspecified atom stereocenters. The predicted octanol–water partition coefficient (Wildman–Crippen LogP) is 3.20. The van der Waals surface area contributed by atoms with Gasteiger partial charge in [-0.2, -0.15) is 31.3 Å². The van der Waals surface area contributed by atoms with Gasteiger partial charge in [-0.05, 0) is 42.9 Å². The molecule has 0 bridgehead atoms. The Labute approximate surface area is 147 Å². The van der Waals surface area contributed by atoms with E-state index in [9.17, 15) is 25.5 Å². The minimum absolute atomic E-state index is 0.0253. The zero-order valence-corrected chi connectivity index (χ0v) is 15.0. The van der Waals surface area contributed by atoms with Gasteiger partial charge in [-0.25, -0.2) is 0 Å². The largest absolute Gasteiger partial charge is 0.453 e. The molecule has 1 heterocycles. The summed E-state index contributed by atoms with van der Waals surface area (Å²) in [4.78, 5) is 4.24. The lowest BCUT2D eigenvalue weighted by Gasteiger charge is -2.16. The Balaban J connectivity index is 2.26. The van der Waals surface area contributed by atoms with E-state index in [1.807, 2.05) is 0 Å². The van der Waals surface area contributed by atoms with Gasteiger partial charge in [-0.15, -0.1) is 8.98 Å². The molecule has 1 aliphatic carbocycles. The lowest BCUT2D eigenvalue weighted by molar-refractivity contribution is -0.144. The average molecular weight is 392 g/mol. The first-order chi connectivity index (χ1) is 11.9. The van der Waals surface area contributed by atoms with Crippen molar-refractivity contribution >= 4 is 16.2 Å². The lowest BCUT2D eigenvalue weighted by atomic mass is 10.1. The van der Waals surface area contributed by atoms with Crippen molar-refractivity contribution in [3.8, 4) is 5.69 Å². The standard InChI is InChI=1S/C15H16F4N4O2S/c1-8-6-10(9-4-5-9)12(26(19,24)25)7-11(8)23-14(22(2)3)20-13(21-23)15(16,17)18/h6-7,9H,4-5H2,1-3H3. The molecule has 2 aromatic rings. The normalized spacial score (nSPS) is 15.3. The van der Waals surface area contributed by atoms with Gasteiger partial charge in [0.25, 0.3) is 5.82 Å². The molecule has 0 spiro atoms. The zero-order chi connectivity index (χ0) is 19.4. The average Bonchev–Trinajstić information content (AvgIpc) is 3.22. The predicted molar refractivity (Wildman–Crippen MR) is 85.7 cm³/mol. The van der Waals surface area contributed by atoms with Gasteiger partial charge >= 0.3 is 16.4 Å². The lowest BCUT2D eigenvalue weighted by Crippen LogP contribution is -2.16. The number of anilines is 1. The van der Waals surface area contributed by atoms with Crippen molar-refractivity contribution in [2.24, 2.45) is 0 Å². The third-order valence-electron chi connectivity index (χ3n) is 4.08. The summed E-state index contributed by atoms with van der Waals surface area (Å²) >= 11 is 0. The highest BCUT2D eigenvalue weighted by Crippen LogP contribution is 2.44. The van der Waals surface area contributed by atoms with Crippen LogP contribution in [-0.2, 0) is 16.4 Å². The Morgan fingerprint density at radius 3 is 2.31 bits per heavy atom. The summed E-state index contributed by atoms with van der Waals surface area (Å²) in [6, 6.07) is 2.52. The maximum Gasteiger partial charge on any atom is 0.453 e. The van der Waals surface area contributed by atoms with Gasteiger partial charge in [0.15, 0.2) is 0 Å². The molecule has 0 aliphatic heterocycles. The van der Waals surface area contributed by atoms with Gasteiger partial charge in [0, 0.05) is 14.1 Å². The Bertz CT molecular complexity index is 963. The molecule has 1 aromatic heterocycles. The fourth-order valence-electron chi connectivity index (χ4n) is 2.73. The van der Waals surface area contributed by atoms with E-state index in [1.54, 1.807) is 6.92 Å². The summed E-state index contributed by atoms with van der Waals surface area (Å²) in [5.41, 5.74) is 0.842. The minimum Gasteiger partial charge on any atom is -0.347 e. The van der Waals surface area contributed by atoms with E-state index in [4.69, 9.17) is 0 Å². The Morgan fingerprint density at radius 1 is 1.23 bits per heavy atom. The first-order valence-electron chi connectivity index (χ1n) is 7.70. The van der Waals surface area contributed by atoms with Crippen molar-refractivity contribution in [3.63, 3.8) is 0 Å². The quantitative estimate of drug-likeness (QED) is 0.591. The van der Waals surface area contributed by atoms with Crippen LogP contribution >= 0.6 is 0 Å². The molecule has 26 heavy (non-hydrogen) atoms. The molecule has 142 valence electrons. The highest BCUT2D eigenvalue weighted by atomic mass is 32.3. The van der Waals surface area contributed by atoms with Crippen LogP contribution in [0, 0.1) is 6.92 Å². The first kappa shape index (κ1) is 18.6. The van der Waals surface area contributed by atoms with Gasteiger partial charge in [0.05, 0.1) is 5.69 Å². The highest BCUT2D eigenvalue weighted by molar-refractivity contribution is 7.86. The molecule has 6 nitrogen and oxygen atoms in total. The third-order valence-corrected chi connectivity index (χ3v) is 4.96. The van der Waals surface area contributed by atoms with Gasteiger partial charge in [0.2, 0.25) is 5.95 Å². The monoisotopic (exact) mass is 392 g/mol. The number of benzene rings is 1. The zero-order valence-electron chi connectivity index (χ0n) is 14.2. The second-order valence-electron chi connectivity index (χ2n) is 6.43. The number of aryl methyl sites for hydroxylation is 1. The molecule has 3 rings (SSSR count). The number of hydrogen-bond donors (Lipinski definition) is 0. The molecule has 1 aromatic carbocycles. The van der Waals surface area contributed by atoms with Crippen molar-refractivity contribution in [1.29, 1.82) is 0 Å². The second-order valence-corrected chi connectivity index (χ2v) is 7.74. The van der Waals surface area contributed by atoms with Crippen LogP contribution in [-0.4, -0.2) is 37.3 Å². The molecule has 0 amide bonds. The summed E-state index contributed by atoms with van der Waals surface area (Å²) in [6.07, 6.45) is -3.29. The molecule has 1 aliphatic rings. The summed E-state index contributed by atoms with van der Waals surface area (Å²) < 4.78 is 76.8. The Morgan fingerprint density at radius 2 is 1.85 bits per heavy atom. The second kappa shape index (κ2) is 5.93. The number of alkyl halides is 3. The van der Waals surface area contributed by atoms with Crippen molar-refractivity contribution in [1.82, 2.24) is 14.8 Å². The van der Waals surface area contributed by atoms with E-state index in [1.165, 1.54) is 25.1 Å². The van der Waals surface area contributed by atoms with Gasteiger partial charge in [-0.3, -0.25) is 0 Å². The molecule has 0 saturated heterocycles. The number of nitrogens with zero attached hydrogens (tertiary/aromatic N) is 4. The Kier molecular flexibility index (Phi) is 4.25. The SMILES string of the molecule is Cc1cc(C2CC2)c(S(=O)(=O)F)cc1-n1nc(C(F)(F)F)nc1N(C)C. The van der Waals surface area contributed by atoms with Gasteiger partial charge in [-0.1, -0.05) is 6.07 Å². The summed E-state index contributed by atoms with van der Waals surface area (Å²) in [5, 5.41) is 3.47. The van der Waals surface area contributed by atoms with Crippen LogP contribution in [0.15, 0.2) is 17.0 Å².